The van der Waals surface area contributed by atoms with Crippen molar-refractivity contribution in [3.8, 4) is 17.1 Å². The molecule has 0 aliphatic carbocycles. The van der Waals surface area contributed by atoms with Crippen LogP contribution in [0.1, 0.15) is 40.1 Å². The molecule has 1 heterocycles. The quantitative estimate of drug-likeness (QED) is 0.738. The first kappa shape index (κ1) is 17.7. The Labute approximate surface area is 153 Å². The molecule has 1 N–H and O–H groups in total. The summed E-state index contributed by atoms with van der Waals surface area (Å²) in [6.07, 6.45) is 0. The molecule has 1 amide bonds. The number of aromatic nitrogens is 1. The highest BCUT2D eigenvalue weighted by atomic mass is 16.5. The topological polar surface area (TPSA) is 64.4 Å². The molecule has 5 nitrogen and oxygen atoms in total. The summed E-state index contributed by atoms with van der Waals surface area (Å²) in [4.78, 5) is 12.9. The summed E-state index contributed by atoms with van der Waals surface area (Å²) < 4.78 is 10.6. The summed E-state index contributed by atoms with van der Waals surface area (Å²) in [5.74, 6) is 1.08. The second kappa shape index (κ2) is 7.44. The maximum Gasteiger partial charge on any atom is 0.257 e. The molecule has 1 atom stereocenters. The highest BCUT2D eigenvalue weighted by molar-refractivity contribution is 6.01. The Balaban J connectivity index is 1.86. The zero-order valence-corrected chi connectivity index (χ0v) is 15.4. The average Bonchev–Trinajstić information content (AvgIpc) is 3.03. The van der Waals surface area contributed by atoms with Crippen molar-refractivity contribution >= 4 is 5.91 Å². The van der Waals surface area contributed by atoms with E-state index in [1.807, 2.05) is 62.4 Å². The van der Waals surface area contributed by atoms with E-state index in [1.54, 1.807) is 14.0 Å². The molecular formula is C21H22N2O3. The molecule has 3 rings (SSSR count). The summed E-state index contributed by atoms with van der Waals surface area (Å²) in [5.41, 5.74) is 3.93. The van der Waals surface area contributed by atoms with Gasteiger partial charge >= 0.3 is 0 Å². The van der Waals surface area contributed by atoms with Gasteiger partial charge in [-0.05, 0) is 44.0 Å². The van der Waals surface area contributed by atoms with Crippen molar-refractivity contribution in [3.63, 3.8) is 0 Å². The molecule has 1 unspecified atom stereocenters. The lowest BCUT2D eigenvalue weighted by atomic mass is 10.0. The number of nitrogens with zero attached hydrogens (tertiary/aromatic N) is 1. The molecule has 0 aliphatic heterocycles. The van der Waals surface area contributed by atoms with Crippen LogP contribution in [0.25, 0.3) is 11.3 Å². The van der Waals surface area contributed by atoms with Crippen molar-refractivity contribution in [2.45, 2.75) is 26.8 Å². The summed E-state index contributed by atoms with van der Waals surface area (Å²) in [6, 6.07) is 15.2. The molecule has 5 heteroatoms. The Bertz CT molecular complexity index is 913. The monoisotopic (exact) mass is 350 g/mol. The number of carbonyl (C=O) groups excluding carboxylic acids is 1. The average molecular weight is 350 g/mol. The Hall–Kier alpha value is -3.08. The van der Waals surface area contributed by atoms with Crippen molar-refractivity contribution < 1.29 is 14.1 Å². The van der Waals surface area contributed by atoms with Crippen molar-refractivity contribution in [2.24, 2.45) is 0 Å². The summed E-state index contributed by atoms with van der Waals surface area (Å²) in [5, 5.41) is 7.03. The fraction of sp³-hybridized carbons (Fsp3) is 0.238. The van der Waals surface area contributed by atoms with Gasteiger partial charge in [-0.2, -0.15) is 0 Å². The first-order chi connectivity index (χ1) is 12.5. The summed E-state index contributed by atoms with van der Waals surface area (Å²) in [6.45, 7) is 5.70. The zero-order valence-electron chi connectivity index (χ0n) is 15.4. The van der Waals surface area contributed by atoms with Gasteiger partial charge in [-0.3, -0.25) is 4.79 Å². The van der Waals surface area contributed by atoms with Crippen molar-refractivity contribution in [2.75, 3.05) is 7.11 Å². The van der Waals surface area contributed by atoms with Gasteiger partial charge in [0, 0.05) is 5.56 Å². The van der Waals surface area contributed by atoms with Crippen LogP contribution < -0.4 is 10.1 Å². The molecule has 1 aromatic heterocycles. The fourth-order valence-electron chi connectivity index (χ4n) is 2.89. The first-order valence-corrected chi connectivity index (χ1v) is 8.48. The first-order valence-electron chi connectivity index (χ1n) is 8.48. The van der Waals surface area contributed by atoms with Gasteiger partial charge in [0.25, 0.3) is 5.91 Å². The number of amides is 1. The van der Waals surface area contributed by atoms with Crippen LogP contribution in [0.15, 0.2) is 53.1 Å². The SMILES string of the molecule is COc1ccc(C(C)NC(=O)c2c(C)noc2-c2ccccc2C)cc1. The maximum absolute atomic E-state index is 12.9. The van der Waals surface area contributed by atoms with Crippen LogP contribution in [-0.4, -0.2) is 18.2 Å². The highest BCUT2D eigenvalue weighted by Crippen LogP contribution is 2.29. The number of hydrogen-bond acceptors (Lipinski definition) is 4. The third-order valence-electron chi connectivity index (χ3n) is 4.44. The van der Waals surface area contributed by atoms with E-state index in [4.69, 9.17) is 9.26 Å². The van der Waals surface area contributed by atoms with Gasteiger partial charge in [0.1, 0.15) is 11.3 Å². The largest absolute Gasteiger partial charge is 0.497 e. The maximum atomic E-state index is 12.9. The van der Waals surface area contributed by atoms with Crippen molar-refractivity contribution in [1.82, 2.24) is 10.5 Å². The second-order valence-corrected chi connectivity index (χ2v) is 6.26. The standard InChI is InChI=1S/C21H22N2O3/c1-13-7-5-6-8-18(13)20-19(15(3)23-26-20)21(24)22-14(2)16-9-11-17(25-4)12-10-16/h5-12,14H,1-4H3,(H,22,24). The fourth-order valence-corrected chi connectivity index (χ4v) is 2.89. The van der Waals surface area contributed by atoms with Crippen LogP contribution >= 0.6 is 0 Å². The van der Waals surface area contributed by atoms with E-state index >= 15 is 0 Å². The summed E-state index contributed by atoms with van der Waals surface area (Å²) in [7, 11) is 1.63. The predicted molar refractivity (Wildman–Crippen MR) is 100 cm³/mol. The van der Waals surface area contributed by atoms with Crippen LogP contribution in [0, 0.1) is 13.8 Å². The molecule has 0 fully saturated rings. The minimum Gasteiger partial charge on any atom is -0.497 e. The number of rotatable bonds is 5. The minimum atomic E-state index is -0.203. The number of nitrogens with one attached hydrogen (secondary N) is 1. The van der Waals surface area contributed by atoms with Crippen LogP contribution in [-0.2, 0) is 0 Å². The zero-order chi connectivity index (χ0) is 18.7. The van der Waals surface area contributed by atoms with E-state index < -0.39 is 0 Å². The van der Waals surface area contributed by atoms with Gasteiger partial charge in [0.2, 0.25) is 0 Å². The molecular weight excluding hydrogens is 328 g/mol. The van der Waals surface area contributed by atoms with Gasteiger partial charge in [0.15, 0.2) is 5.76 Å². The van der Waals surface area contributed by atoms with Crippen LogP contribution in [0.3, 0.4) is 0 Å². The predicted octanol–water partition coefficient (Wildman–Crippen LogP) is 4.46. The number of carbonyl (C=O) groups is 1. The Kier molecular flexibility index (Phi) is 5.07. The van der Waals surface area contributed by atoms with Crippen molar-refractivity contribution in [1.29, 1.82) is 0 Å². The molecule has 0 spiro atoms. The Morgan fingerprint density at radius 3 is 2.46 bits per heavy atom. The molecule has 0 aliphatic rings. The van der Waals surface area contributed by atoms with E-state index in [1.165, 1.54) is 0 Å². The molecule has 0 saturated carbocycles. The number of methoxy groups -OCH3 is 1. The van der Waals surface area contributed by atoms with Crippen molar-refractivity contribution in [3.05, 3.63) is 70.9 Å². The van der Waals surface area contributed by atoms with Crippen LogP contribution in [0.5, 0.6) is 5.75 Å². The lowest BCUT2D eigenvalue weighted by Crippen LogP contribution is -2.27. The lowest BCUT2D eigenvalue weighted by Gasteiger charge is -2.15. The number of benzene rings is 2. The Morgan fingerprint density at radius 2 is 1.81 bits per heavy atom. The molecule has 26 heavy (non-hydrogen) atoms. The number of ether oxygens (including phenoxy) is 1. The molecule has 0 bridgehead atoms. The molecule has 0 saturated heterocycles. The summed E-state index contributed by atoms with van der Waals surface area (Å²) >= 11 is 0. The highest BCUT2D eigenvalue weighted by Gasteiger charge is 2.24. The van der Waals surface area contributed by atoms with E-state index in [0.717, 1.165) is 22.4 Å². The minimum absolute atomic E-state index is 0.160. The lowest BCUT2D eigenvalue weighted by molar-refractivity contribution is 0.0939. The van der Waals surface area contributed by atoms with Gasteiger partial charge in [-0.15, -0.1) is 0 Å². The number of aryl methyl sites for hydroxylation is 2. The third-order valence-corrected chi connectivity index (χ3v) is 4.44. The smallest absolute Gasteiger partial charge is 0.257 e. The molecule has 134 valence electrons. The van der Waals surface area contributed by atoms with Gasteiger partial charge in [-0.1, -0.05) is 41.6 Å². The van der Waals surface area contributed by atoms with Crippen LogP contribution in [0.2, 0.25) is 0 Å². The molecule has 0 radical (unpaired) electrons. The Morgan fingerprint density at radius 1 is 1.12 bits per heavy atom. The normalized spacial score (nSPS) is 11.8. The number of hydrogen-bond donors (Lipinski definition) is 1. The molecule has 2 aromatic carbocycles. The second-order valence-electron chi connectivity index (χ2n) is 6.26. The van der Waals surface area contributed by atoms with E-state index in [0.29, 0.717) is 17.0 Å². The van der Waals surface area contributed by atoms with E-state index in [-0.39, 0.29) is 11.9 Å². The van der Waals surface area contributed by atoms with Gasteiger partial charge in [0.05, 0.1) is 18.8 Å². The van der Waals surface area contributed by atoms with Gasteiger partial charge in [-0.25, -0.2) is 0 Å². The molecule has 3 aromatic rings. The van der Waals surface area contributed by atoms with E-state index in [2.05, 4.69) is 10.5 Å². The third kappa shape index (κ3) is 3.47. The van der Waals surface area contributed by atoms with E-state index in [9.17, 15) is 4.79 Å². The van der Waals surface area contributed by atoms with Crippen LogP contribution in [0.4, 0.5) is 0 Å². The van der Waals surface area contributed by atoms with Gasteiger partial charge < -0.3 is 14.6 Å².